The molecule has 0 spiro atoms. The van der Waals surface area contributed by atoms with Crippen molar-refractivity contribution in [3.63, 3.8) is 0 Å². The van der Waals surface area contributed by atoms with Gasteiger partial charge in [-0.2, -0.15) is 5.21 Å². The Balaban J connectivity index is 1.26. The van der Waals surface area contributed by atoms with Gasteiger partial charge in [-0.05, 0) is 72.9 Å². The fourth-order valence-electron chi connectivity index (χ4n) is 5.87. The molecule has 0 aliphatic rings. The molecule has 11 nitrogen and oxygen atoms in total. The first-order valence-corrected chi connectivity index (χ1v) is 16.4. The van der Waals surface area contributed by atoms with Gasteiger partial charge in [-0.25, -0.2) is 4.98 Å². The highest BCUT2D eigenvalue weighted by atomic mass is 35.5. The van der Waals surface area contributed by atoms with E-state index in [4.69, 9.17) is 25.8 Å². The number of thiazole rings is 1. The molecule has 0 radical (unpaired) electrons. The molecule has 4 aromatic heterocycles. The summed E-state index contributed by atoms with van der Waals surface area (Å²) < 4.78 is 13.8. The molecule has 0 atom stereocenters. The quantitative estimate of drug-likeness (QED) is 0.149. The molecule has 0 bridgehead atoms. The molecule has 4 heterocycles. The summed E-state index contributed by atoms with van der Waals surface area (Å²) in [5, 5.41) is 24.3. The minimum absolute atomic E-state index is 0.176. The summed E-state index contributed by atoms with van der Waals surface area (Å²) in [6, 6.07) is 21.6. The minimum Gasteiger partial charge on any atom is -0.497 e. The van der Waals surface area contributed by atoms with Crippen LogP contribution in [0.5, 0.6) is 5.75 Å². The highest BCUT2D eigenvalue weighted by Crippen LogP contribution is 2.32. The molecule has 2 N–H and O–H groups in total. The van der Waals surface area contributed by atoms with Crippen molar-refractivity contribution in [1.29, 1.82) is 0 Å². The Bertz CT molecular complexity index is 2120. The van der Waals surface area contributed by atoms with Gasteiger partial charge >= 0.3 is 0 Å². The number of ether oxygens (including phenoxy) is 1. The molecule has 0 aliphatic carbocycles. The van der Waals surface area contributed by atoms with E-state index >= 15 is 0 Å². The Morgan fingerprint density at radius 3 is 2.70 bits per heavy atom. The molecule has 0 aliphatic heterocycles. The number of aromatic amines is 1. The number of amides is 1. The molecular weight excluding hydrogens is 636 g/mol. The maximum absolute atomic E-state index is 13.3. The Morgan fingerprint density at radius 1 is 1.02 bits per heavy atom. The molecule has 7 rings (SSSR count). The summed E-state index contributed by atoms with van der Waals surface area (Å²) >= 11 is 7.89. The first-order valence-electron chi connectivity index (χ1n) is 15.3. The lowest BCUT2D eigenvalue weighted by Gasteiger charge is -2.12. The number of hydrogen-bond donors (Lipinski definition) is 2. The van der Waals surface area contributed by atoms with Crippen molar-refractivity contribution < 1.29 is 14.1 Å². The van der Waals surface area contributed by atoms with Crippen LogP contribution in [0.1, 0.15) is 43.7 Å². The van der Waals surface area contributed by atoms with Crippen LogP contribution >= 0.6 is 22.9 Å². The lowest BCUT2D eigenvalue weighted by atomic mass is 9.99. The van der Waals surface area contributed by atoms with Crippen molar-refractivity contribution in [3.8, 4) is 5.75 Å². The molecular formula is C34H31ClN8O3S. The second kappa shape index (κ2) is 13.7. The van der Waals surface area contributed by atoms with Crippen LogP contribution in [0.4, 0.5) is 0 Å². The van der Waals surface area contributed by atoms with Crippen molar-refractivity contribution in [3.05, 3.63) is 117 Å². The van der Waals surface area contributed by atoms with Crippen molar-refractivity contribution in [1.82, 2.24) is 40.6 Å². The van der Waals surface area contributed by atoms with E-state index in [1.165, 1.54) is 23.1 Å². The van der Waals surface area contributed by atoms with Gasteiger partial charge in [-0.1, -0.05) is 34.1 Å². The van der Waals surface area contributed by atoms with Gasteiger partial charge in [0.1, 0.15) is 17.7 Å². The molecule has 1 amide bonds. The van der Waals surface area contributed by atoms with Crippen LogP contribution in [-0.2, 0) is 45.2 Å². The maximum atomic E-state index is 13.3. The van der Waals surface area contributed by atoms with Crippen LogP contribution in [-0.4, -0.2) is 48.3 Å². The summed E-state index contributed by atoms with van der Waals surface area (Å²) in [5.74, 6) is 1.26. The highest BCUT2D eigenvalue weighted by Gasteiger charge is 2.20. The summed E-state index contributed by atoms with van der Waals surface area (Å²) in [4.78, 5) is 18.2. The van der Waals surface area contributed by atoms with Crippen LogP contribution in [0, 0.1) is 0 Å². The zero-order valence-corrected chi connectivity index (χ0v) is 27.1. The van der Waals surface area contributed by atoms with Crippen LogP contribution in [0.3, 0.4) is 0 Å². The zero-order valence-electron chi connectivity index (χ0n) is 25.6. The Labute approximate surface area is 278 Å². The van der Waals surface area contributed by atoms with Crippen LogP contribution in [0.15, 0.2) is 77.5 Å². The number of H-pyrrole nitrogens is 1. The Hall–Kier alpha value is -5.07. The zero-order chi connectivity index (χ0) is 32.2. The monoisotopic (exact) mass is 666 g/mol. The minimum atomic E-state index is -0.176. The SMILES string of the molecule is COc1ccc2sc(CCc3c(CCc4ccc(Cl)cc4)c4cc(C(=O)NCc5ccon5)ccc4n3CCc3nn[nH]n3)nc2c1. The number of hydrogen-bond acceptors (Lipinski definition) is 9. The van der Waals surface area contributed by atoms with Gasteiger partial charge in [0.15, 0.2) is 5.82 Å². The molecule has 7 aromatic rings. The fraction of sp³-hybridized carbons (Fsp3) is 0.235. The second-order valence-electron chi connectivity index (χ2n) is 11.1. The topological polar surface area (TPSA) is 137 Å². The number of nitrogens with zero attached hydrogens (tertiary/aromatic N) is 6. The largest absolute Gasteiger partial charge is 0.497 e. The lowest BCUT2D eigenvalue weighted by Crippen LogP contribution is -2.22. The number of tetrazole rings is 1. The first-order chi connectivity index (χ1) is 23.0. The smallest absolute Gasteiger partial charge is 0.251 e. The van der Waals surface area contributed by atoms with Crippen LogP contribution < -0.4 is 10.1 Å². The van der Waals surface area contributed by atoms with E-state index in [2.05, 4.69) is 53.9 Å². The van der Waals surface area contributed by atoms with E-state index in [0.717, 1.165) is 57.6 Å². The molecule has 0 saturated carbocycles. The number of carbonyl (C=O) groups is 1. The average Bonchev–Trinajstić information content (AvgIpc) is 3.91. The van der Waals surface area contributed by atoms with Crippen molar-refractivity contribution in [2.75, 3.05) is 7.11 Å². The van der Waals surface area contributed by atoms with E-state index in [-0.39, 0.29) is 12.5 Å². The summed E-state index contributed by atoms with van der Waals surface area (Å²) in [7, 11) is 1.67. The summed E-state index contributed by atoms with van der Waals surface area (Å²) in [6.07, 6.45) is 5.22. The third-order valence-electron chi connectivity index (χ3n) is 8.21. The van der Waals surface area contributed by atoms with Gasteiger partial charge in [-0.3, -0.25) is 4.79 Å². The van der Waals surface area contributed by atoms with Gasteiger partial charge in [0.25, 0.3) is 5.91 Å². The molecule has 3 aromatic carbocycles. The van der Waals surface area contributed by atoms with Gasteiger partial charge in [0.2, 0.25) is 0 Å². The fourth-order valence-corrected chi connectivity index (χ4v) is 6.95. The normalized spacial score (nSPS) is 11.4. The highest BCUT2D eigenvalue weighted by molar-refractivity contribution is 7.18. The van der Waals surface area contributed by atoms with E-state index in [0.29, 0.717) is 35.1 Å². The van der Waals surface area contributed by atoms with E-state index < -0.39 is 0 Å². The van der Waals surface area contributed by atoms with Crippen molar-refractivity contribution in [2.24, 2.45) is 0 Å². The Morgan fingerprint density at radius 2 is 1.91 bits per heavy atom. The summed E-state index contributed by atoms with van der Waals surface area (Å²) in [5.41, 5.74) is 6.83. The Kier molecular flexibility index (Phi) is 8.94. The second-order valence-corrected chi connectivity index (χ2v) is 12.7. The van der Waals surface area contributed by atoms with Crippen molar-refractivity contribution >= 4 is 50.0 Å². The van der Waals surface area contributed by atoms with Gasteiger partial charge in [0, 0.05) is 58.7 Å². The van der Waals surface area contributed by atoms with E-state index in [1.807, 2.05) is 42.5 Å². The molecule has 238 valence electrons. The number of aryl methyl sites for hydroxylation is 5. The third kappa shape index (κ3) is 6.88. The van der Waals surface area contributed by atoms with E-state index in [1.54, 1.807) is 24.5 Å². The predicted octanol–water partition coefficient (Wildman–Crippen LogP) is 6.16. The lowest BCUT2D eigenvalue weighted by molar-refractivity contribution is 0.0950. The maximum Gasteiger partial charge on any atom is 0.251 e. The molecule has 13 heteroatoms. The molecule has 0 saturated heterocycles. The van der Waals surface area contributed by atoms with E-state index in [9.17, 15) is 4.79 Å². The molecule has 0 fully saturated rings. The van der Waals surface area contributed by atoms with Gasteiger partial charge in [0.05, 0.1) is 28.9 Å². The number of aromatic nitrogens is 7. The number of carbonyl (C=O) groups excluding carboxylic acids is 1. The average molecular weight is 667 g/mol. The van der Waals surface area contributed by atoms with Crippen LogP contribution in [0.25, 0.3) is 21.1 Å². The number of nitrogens with one attached hydrogen (secondary N) is 2. The standard InChI is InChI=1S/C34H31ClN8O3S/c1-45-25-8-12-31-28(19-25)37-33(47-31)13-11-29-26(9-4-21-2-6-23(35)7-3-21)27-18-22(34(44)36-20-24-15-17-46-40-24)5-10-30(27)43(29)16-14-32-38-41-42-39-32/h2-3,5-8,10,12,15,17-19H,4,9,11,13-14,16,20H2,1H3,(H,36,44)(H,38,39,41,42). The summed E-state index contributed by atoms with van der Waals surface area (Å²) in [6.45, 7) is 0.933. The number of fused-ring (bicyclic) bond motifs is 2. The third-order valence-corrected chi connectivity index (χ3v) is 9.56. The van der Waals surface area contributed by atoms with Crippen LogP contribution in [0.2, 0.25) is 5.02 Å². The van der Waals surface area contributed by atoms with Crippen molar-refractivity contribution in [2.45, 2.75) is 45.2 Å². The van der Waals surface area contributed by atoms with Gasteiger partial charge in [-0.15, -0.1) is 21.5 Å². The number of methoxy groups -OCH3 is 1. The number of halogens is 1. The first kappa shape index (κ1) is 30.6. The number of benzene rings is 3. The molecule has 0 unspecified atom stereocenters. The molecule has 47 heavy (non-hydrogen) atoms. The number of rotatable bonds is 13. The predicted molar refractivity (Wildman–Crippen MR) is 180 cm³/mol. The van der Waals surface area contributed by atoms with Gasteiger partial charge < -0.3 is 19.1 Å².